The maximum atomic E-state index is 12.5. The molecule has 9 nitrogen and oxygen atoms in total. The molecule has 0 fully saturated rings. The Morgan fingerprint density at radius 3 is 2.93 bits per heavy atom. The molecule has 11 heteroatoms. The van der Waals surface area contributed by atoms with Gasteiger partial charge in [-0.25, -0.2) is 13.4 Å². The second-order valence-electron chi connectivity index (χ2n) is 6.43. The minimum atomic E-state index is -3.78. The third kappa shape index (κ3) is 4.20. The molecular weight excluding hydrogens is 414 g/mol. The van der Waals surface area contributed by atoms with E-state index in [0.29, 0.717) is 34.7 Å². The van der Waals surface area contributed by atoms with Crippen molar-refractivity contribution in [3.63, 3.8) is 0 Å². The van der Waals surface area contributed by atoms with Crippen LogP contribution in [0.3, 0.4) is 0 Å². The lowest BCUT2D eigenvalue weighted by atomic mass is 10.3. The number of nitrogens with one attached hydrogen (secondary N) is 2. The third-order valence-electron chi connectivity index (χ3n) is 4.32. The summed E-state index contributed by atoms with van der Waals surface area (Å²) in [6.45, 7) is 0.378. The van der Waals surface area contributed by atoms with E-state index < -0.39 is 15.9 Å². The highest BCUT2D eigenvalue weighted by Crippen LogP contribution is 2.17. The number of nitrogens with zero attached hydrogens (tertiary/aromatic N) is 3. The normalized spacial score (nSPS) is 14.0. The van der Waals surface area contributed by atoms with Crippen molar-refractivity contribution >= 4 is 49.0 Å². The van der Waals surface area contributed by atoms with Crippen LogP contribution in [0.4, 0.5) is 5.69 Å². The number of benzene rings is 1. The molecule has 3 aromatic rings. The quantitative estimate of drug-likeness (QED) is 0.635. The lowest BCUT2D eigenvalue weighted by Crippen LogP contribution is -2.29. The van der Waals surface area contributed by atoms with Crippen LogP contribution >= 0.6 is 11.3 Å². The van der Waals surface area contributed by atoms with Gasteiger partial charge in [-0.05, 0) is 36.1 Å². The number of hydrogen-bond acceptors (Lipinski definition) is 7. The lowest BCUT2D eigenvalue weighted by molar-refractivity contribution is -0.116. The van der Waals surface area contributed by atoms with E-state index in [9.17, 15) is 18.0 Å². The zero-order valence-corrected chi connectivity index (χ0v) is 16.8. The number of amidine groups is 1. The molecule has 1 amide bonds. The second kappa shape index (κ2) is 7.76. The van der Waals surface area contributed by atoms with Gasteiger partial charge < -0.3 is 5.32 Å². The number of anilines is 1. The van der Waals surface area contributed by atoms with E-state index in [1.165, 1.54) is 40.4 Å². The summed E-state index contributed by atoms with van der Waals surface area (Å²) in [5, 5.41) is 4.84. The fourth-order valence-electron chi connectivity index (χ4n) is 2.94. The van der Waals surface area contributed by atoms with E-state index in [1.54, 1.807) is 17.5 Å². The highest BCUT2D eigenvalue weighted by molar-refractivity contribution is 7.90. The highest BCUT2D eigenvalue weighted by atomic mass is 32.2. The van der Waals surface area contributed by atoms with Gasteiger partial charge in [-0.1, -0.05) is 6.07 Å². The molecular formula is C18H17N5O4S2. The minimum Gasteiger partial charge on any atom is -0.324 e. The van der Waals surface area contributed by atoms with Crippen molar-refractivity contribution < 1.29 is 13.2 Å². The van der Waals surface area contributed by atoms with E-state index in [1.807, 2.05) is 0 Å². The van der Waals surface area contributed by atoms with Crippen molar-refractivity contribution in [1.82, 2.24) is 14.3 Å². The van der Waals surface area contributed by atoms with Crippen molar-refractivity contribution in [2.75, 3.05) is 11.9 Å². The Hall–Kier alpha value is -3.05. The van der Waals surface area contributed by atoms with Crippen LogP contribution < -0.4 is 15.6 Å². The Labute approximate surface area is 170 Å². The van der Waals surface area contributed by atoms with E-state index in [2.05, 4.69) is 20.0 Å². The van der Waals surface area contributed by atoms with Gasteiger partial charge in [0.1, 0.15) is 17.2 Å². The summed E-state index contributed by atoms with van der Waals surface area (Å²) in [6, 6.07) is 7.57. The van der Waals surface area contributed by atoms with Crippen LogP contribution in [-0.2, 0) is 21.4 Å². The molecule has 0 bridgehead atoms. The van der Waals surface area contributed by atoms with Crippen molar-refractivity contribution in [1.29, 1.82) is 0 Å². The number of aromatic nitrogens is 2. The predicted molar refractivity (Wildman–Crippen MR) is 111 cm³/mol. The van der Waals surface area contributed by atoms with Crippen LogP contribution in [0.1, 0.15) is 12.8 Å². The molecule has 0 unspecified atom stereocenters. The standard InChI is InChI=1S/C18H17N5O4S2/c24-16(10-23-11-20-17-14(18(23)25)6-8-28-17)21-12-3-1-4-13(9-12)29(26,27)22-15-5-2-7-19-15/h1,3-4,6,8-9,11H,2,5,7,10H2,(H,19,22)(H,21,24). The number of hydrogen-bond donors (Lipinski definition) is 2. The van der Waals surface area contributed by atoms with E-state index in [-0.39, 0.29) is 17.0 Å². The zero-order chi connectivity index (χ0) is 20.4. The van der Waals surface area contributed by atoms with Gasteiger partial charge in [0.2, 0.25) is 5.91 Å². The average molecular weight is 431 g/mol. The molecule has 2 N–H and O–H groups in total. The summed E-state index contributed by atoms with van der Waals surface area (Å²) >= 11 is 1.35. The van der Waals surface area contributed by atoms with Gasteiger partial charge in [0.05, 0.1) is 16.6 Å². The Kier molecular flexibility index (Phi) is 5.16. The highest BCUT2D eigenvalue weighted by Gasteiger charge is 2.19. The first-order valence-electron chi connectivity index (χ1n) is 8.81. The molecule has 1 aliphatic heterocycles. The molecule has 3 heterocycles. The van der Waals surface area contributed by atoms with Crippen LogP contribution in [0.15, 0.2) is 56.7 Å². The molecule has 2 aromatic heterocycles. The van der Waals surface area contributed by atoms with Gasteiger partial charge in [0, 0.05) is 18.7 Å². The maximum absolute atomic E-state index is 12.5. The molecule has 0 radical (unpaired) electrons. The number of carbonyl (C=O) groups is 1. The molecule has 1 aliphatic rings. The summed E-state index contributed by atoms with van der Waals surface area (Å²) in [5.74, 6) is -0.0266. The summed E-state index contributed by atoms with van der Waals surface area (Å²) in [7, 11) is -3.78. The van der Waals surface area contributed by atoms with Crippen LogP contribution in [-0.4, -0.2) is 36.3 Å². The number of thiophene rings is 1. The van der Waals surface area contributed by atoms with E-state index in [0.717, 1.165) is 6.42 Å². The molecule has 0 atom stereocenters. The SMILES string of the molecule is O=C(Cn1cnc2sccc2c1=O)Nc1cccc(S(=O)(=O)NC2=NCCC2)c1. The first kappa shape index (κ1) is 19.3. The number of sulfonamides is 1. The Bertz CT molecular complexity index is 1280. The van der Waals surface area contributed by atoms with Crippen LogP contribution in [0, 0.1) is 0 Å². The molecule has 0 saturated carbocycles. The first-order chi connectivity index (χ1) is 13.9. The van der Waals surface area contributed by atoms with Gasteiger partial charge in [0.15, 0.2) is 0 Å². The summed E-state index contributed by atoms with van der Waals surface area (Å²) < 4.78 is 28.7. The number of aliphatic imine (C=N–C) groups is 1. The smallest absolute Gasteiger partial charge is 0.262 e. The fourth-order valence-corrected chi connectivity index (χ4v) is 4.80. The molecule has 29 heavy (non-hydrogen) atoms. The van der Waals surface area contributed by atoms with Gasteiger partial charge in [-0.15, -0.1) is 11.3 Å². The van der Waals surface area contributed by atoms with Crippen LogP contribution in [0.25, 0.3) is 10.2 Å². The van der Waals surface area contributed by atoms with Crippen LogP contribution in [0.5, 0.6) is 0 Å². The first-order valence-corrected chi connectivity index (χ1v) is 11.2. The topological polar surface area (TPSA) is 123 Å². The monoisotopic (exact) mass is 431 g/mol. The van der Waals surface area contributed by atoms with Gasteiger partial charge in [-0.3, -0.25) is 23.9 Å². The molecule has 0 aliphatic carbocycles. The fraction of sp³-hybridized carbons (Fsp3) is 0.222. The zero-order valence-electron chi connectivity index (χ0n) is 15.2. The molecule has 1 aromatic carbocycles. The predicted octanol–water partition coefficient (Wildman–Crippen LogP) is 1.57. The maximum Gasteiger partial charge on any atom is 0.262 e. The lowest BCUT2D eigenvalue weighted by Gasteiger charge is -2.10. The largest absolute Gasteiger partial charge is 0.324 e. The second-order valence-corrected chi connectivity index (χ2v) is 9.01. The van der Waals surface area contributed by atoms with Crippen molar-refractivity contribution in [2.24, 2.45) is 4.99 Å². The minimum absolute atomic E-state index is 0.0171. The molecule has 4 rings (SSSR count). The molecule has 150 valence electrons. The third-order valence-corrected chi connectivity index (χ3v) is 6.52. The van der Waals surface area contributed by atoms with Gasteiger partial charge >= 0.3 is 0 Å². The van der Waals surface area contributed by atoms with Gasteiger partial charge in [-0.2, -0.15) is 0 Å². The molecule has 0 spiro atoms. The summed E-state index contributed by atoms with van der Waals surface area (Å²) in [5.41, 5.74) is 0.00752. The van der Waals surface area contributed by atoms with Crippen molar-refractivity contribution in [3.8, 4) is 0 Å². The van der Waals surface area contributed by atoms with Crippen molar-refractivity contribution in [3.05, 3.63) is 52.4 Å². The average Bonchev–Trinajstić information content (AvgIpc) is 3.36. The van der Waals surface area contributed by atoms with Crippen LogP contribution in [0.2, 0.25) is 0 Å². The summed E-state index contributed by atoms with van der Waals surface area (Å²) in [6.07, 6.45) is 2.74. The van der Waals surface area contributed by atoms with E-state index in [4.69, 9.17) is 0 Å². The summed E-state index contributed by atoms with van der Waals surface area (Å²) in [4.78, 5) is 33.6. The number of amides is 1. The molecule has 0 saturated heterocycles. The van der Waals surface area contributed by atoms with Gasteiger partial charge in [0.25, 0.3) is 15.6 Å². The number of fused-ring (bicyclic) bond motifs is 1. The Morgan fingerprint density at radius 2 is 2.14 bits per heavy atom. The number of rotatable bonds is 5. The van der Waals surface area contributed by atoms with E-state index >= 15 is 0 Å². The number of carbonyl (C=O) groups excluding carboxylic acids is 1. The Balaban J connectivity index is 1.49. The Morgan fingerprint density at radius 1 is 1.28 bits per heavy atom. The van der Waals surface area contributed by atoms with Crippen molar-refractivity contribution in [2.45, 2.75) is 24.3 Å².